The maximum Gasteiger partial charge on any atom is 0.251 e. The van der Waals surface area contributed by atoms with E-state index in [-0.39, 0.29) is 29.9 Å². The predicted molar refractivity (Wildman–Crippen MR) is 117 cm³/mol. The molecule has 0 aliphatic rings. The molecule has 0 bridgehead atoms. The van der Waals surface area contributed by atoms with Crippen LogP contribution in [0.1, 0.15) is 16.1 Å². The van der Waals surface area contributed by atoms with Gasteiger partial charge in [-0.15, -0.1) is 24.0 Å². The topological polar surface area (TPSA) is 92.4 Å². The van der Waals surface area contributed by atoms with Crippen LogP contribution in [0.2, 0.25) is 10.0 Å². The molecule has 1 amide bonds. The Morgan fingerprint density at radius 1 is 1.12 bits per heavy atom. The number of halogens is 3. The molecule has 0 aliphatic carbocycles. The number of carbonyl (C=O) groups is 1. The van der Waals surface area contributed by atoms with Gasteiger partial charge in [-0.3, -0.25) is 14.8 Å². The molecule has 1 aromatic heterocycles. The molecule has 0 saturated heterocycles. The first-order valence-corrected chi connectivity index (χ1v) is 8.49. The minimum atomic E-state index is -0.231. The number of benzene rings is 1. The fourth-order valence-electron chi connectivity index (χ4n) is 2.00. The van der Waals surface area contributed by atoms with E-state index in [0.29, 0.717) is 41.2 Å². The molecule has 9 heteroatoms. The maximum absolute atomic E-state index is 12.0. The first-order chi connectivity index (χ1) is 12.1. The number of nitrogens with zero attached hydrogens (tertiary/aromatic N) is 2. The lowest BCUT2D eigenvalue weighted by molar-refractivity contribution is 0.0954. The third kappa shape index (κ3) is 7.76. The van der Waals surface area contributed by atoms with Crippen LogP contribution in [-0.2, 0) is 6.42 Å². The molecule has 0 saturated carbocycles. The van der Waals surface area contributed by atoms with Gasteiger partial charge in [-0.1, -0.05) is 29.3 Å². The zero-order valence-corrected chi connectivity index (χ0v) is 17.8. The summed E-state index contributed by atoms with van der Waals surface area (Å²) in [6, 6.07) is 10.5. The quantitative estimate of drug-likeness (QED) is 0.232. The van der Waals surface area contributed by atoms with Crippen LogP contribution in [0.4, 0.5) is 0 Å². The Morgan fingerprint density at radius 3 is 2.58 bits per heavy atom. The molecule has 2 rings (SSSR count). The lowest BCUT2D eigenvalue weighted by Crippen LogP contribution is -2.38. The van der Waals surface area contributed by atoms with Crippen molar-refractivity contribution in [2.45, 2.75) is 6.42 Å². The molecule has 1 aromatic carbocycles. The summed E-state index contributed by atoms with van der Waals surface area (Å²) in [6.07, 6.45) is 2.47. The summed E-state index contributed by atoms with van der Waals surface area (Å²) in [7, 11) is 0. The zero-order chi connectivity index (χ0) is 18.1. The third-order valence-corrected chi connectivity index (χ3v) is 4.01. The number of hydrogen-bond donors (Lipinski definition) is 3. The first-order valence-electron chi connectivity index (χ1n) is 7.73. The van der Waals surface area contributed by atoms with Gasteiger partial charge in [-0.2, -0.15) is 0 Å². The second kappa shape index (κ2) is 11.9. The number of aromatic nitrogens is 1. The highest BCUT2D eigenvalue weighted by molar-refractivity contribution is 14.0. The third-order valence-electron chi connectivity index (χ3n) is 3.27. The Balaban J connectivity index is 0.00000338. The molecule has 0 aliphatic heterocycles. The summed E-state index contributed by atoms with van der Waals surface area (Å²) in [5.74, 6) is 0.103. The SMILES string of the molecule is I.NC(=NCCc1ccccn1)NCCNC(=O)c1ccc(Cl)c(Cl)c1. The number of rotatable bonds is 7. The molecule has 0 radical (unpaired) electrons. The summed E-state index contributed by atoms with van der Waals surface area (Å²) in [5, 5.41) is 6.46. The van der Waals surface area contributed by atoms with Crippen LogP contribution in [0.5, 0.6) is 0 Å². The summed E-state index contributed by atoms with van der Waals surface area (Å²) in [4.78, 5) is 20.4. The van der Waals surface area contributed by atoms with E-state index in [1.165, 1.54) is 6.07 Å². The molecule has 4 N–H and O–H groups in total. The van der Waals surface area contributed by atoms with Crippen LogP contribution in [0.3, 0.4) is 0 Å². The number of amides is 1. The van der Waals surface area contributed by atoms with Crippen molar-refractivity contribution in [3.05, 3.63) is 63.9 Å². The minimum absolute atomic E-state index is 0. The molecule has 2 aromatic rings. The van der Waals surface area contributed by atoms with Crippen molar-refractivity contribution in [3.8, 4) is 0 Å². The van der Waals surface area contributed by atoms with E-state index in [4.69, 9.17) is 28.9 Å². The van der Waals surface area contributed by atoms with E-state index < -0.39 is 0 Å². The Kier molecular flexibility index (Phi) is 10.3. The molecule has 0 spiro atoms. The smallest absolute Gasteiger partial charge is 0.251 e. The summed E-state index contributed by atoms with van der Waals surface area (Å²) >= 11 is 11.7. The van der Waals surface area contributed by atoms with Crippen molar-refractivity contribution in [2.24, 2.45) is 10.7 Å². The molecule has 0 fully saturated rings. The normalized spacial score (nSPS) is 10.8. The Bertz CT molecular complexity index is 743. The lowest BCUT2D eigenvalue weighted by Gasteiger charge is -2.08. The van der Waals surface area contributed by atoms with Gasteiger partial charge in [0.1, 0.15) is 0 Å². The van der Waals surface area contributed by atoms with Gasteiger partial charge in [0.25, 0.3) is 5.91 Å². The van der Waals surface area contributed by atoms with Gasteiger partial charge in [0.05, 0.1) is 10.0 Å². The van der Waals surface area contributed by atoms with Crippen LogP contribution in [0.15, 0.2) is 47.6 Å². The van der Waals surface area contributed by atoms with Crippen molar-refractivity contribution < 1.29 is 4.79 Å². The Labute approximate surface area is 179 Å². The summed E-state index contributed by atoms with van der Waals surface area (Å²) in [6.45, 7) is 1.41. The number of guanidine groups is 1. The molecule has 1 heterocycles. The van der Waals surface area contributed by atoms with E-state index in [0.717, 1.165) is 12.1 Å². The van der Waals surface area contributed by atoms with Crippen LogP contribution >= 0.6 is 47.2 Å². The average Bonchev–Trinajstić information content (AvgIpc) is 2.62. The Morgan fingerprint density at radius 2 is 1.88 bits per heavy atom. The second-order valence-corrected chi connectivity index (χ2v) is 5.96. The zero-order valence-electron chi connectivity index (χ0n) is 13.9. The number of nitrogens with one attached hydrogen (secondary N) is 2. The van der Waals surface area contributed by atoms with E-state index in [1.54, 1.807) is 18.3 Å². The first kappa shape index (κ1) is 22.5. The average molecular weight is 508 g/mol. The molecule has 0 atom stereocenters. The van der Waals surface area contributed by atoms with Crippen molar-refractivity contribution >= 4 is 59.0 Å². The van der Waals surface area contributed by atoms with Crippen LogP contribution in [0.25, 0.3) is 0 Å². The van der Waals surface area contributed by atoms with E-state index in [2.05, 4.69) is 20.6 Å². The van der Waals surface area contributed by atoms with Crippen LogP contribution in [0, 0.1) is 0 Å². The molecule has 26 heavy (non-hydrogen) atoms. The number of aliphatic imine (C=N–C) groups is 1. The minimum Gasteiger partial charge on any atom is -0.370 e. The van der Waals surface area contributed by atoms with E-state index in [9.17, 15) is 4.79 Å². The molecule has 140 valence electrons. The monoisotopic (exact) mass is 507 g/mol. The van der Waals surface area contributed by atoms with Gasteiger partial charge in [0.15, 0.2) is 5.96 Å². The van der Waals surface area contributed by atoms with E-state index >= 15 is 0 Å². The number of pyridine rings is 1. The van der Waals surface area contributed by atoms with Crippen molar-refractivity contribution in [2.75, 3.05) is 19.6 Å². The van der Waals surface area contributed by atoms with Crippen molar-refractivity contribution in [1.29, 1.82) is 0 Å². The van der Waals surface area contributed by atoms with Gasteiger partial charge in [0, 0.05) is 43.5 Å². The molecular formula is C17H20Cl2IN5O. The van der Waals surface area contributed by atoms with Gasteiger partial charge in [-0.05, 0) is 30.3 Å². The highest BCUT2D eigenvalue weighted by Crippen LogP contribution is 2.22. The van der Waals surface area contributed by atoms with Gasteiger partial charge < -0.3 is 16.4 Å². The maximum atomic E-state index is 12.0. The largest absolute Gasteiger partial charge is 0.370 e. The van der Waals surface area contributed by atoms with E-state index in [1.807, 2.05) is 18.2 Å². The standard InChI is InChI=1S/C17H19Cl2N5O.HI/c18-14-5-4-12(11-15(14)19)16(25)22-9-10-24-17(20)23-8-6-13-3-1-2-7-21-13;/h1-5,7,11H,6,8-10H2,(H,22,25)(H3,20,23,24);1H. The van der Waals surface area contributed by atoms with Crippen LogP contribution < -0.4 is 16.4 Å². The summed E-state index contributed by atoms with van der Waals surface area (Å²) in [5.41, 5.74) is 7.19. The molecular weight excluding hydrogens is 488 g/mol. The predicted octanol–water partition coefficient (Wildman–Crippen LogP) is 2.88. The second-order valence-electron chi connectivity index (χ2n) is 5.15. The van der Waals surface area contributed by atoms with Gasteiger partial charge in [-0.25, -0.2) is 0 Å². The number of nitrogens with two attached hydrogens (primary N) is 1. The molecule has 0 unspecified atom stereocenters. The van der Waals surface area contributed by atoms with Gasteiger partial charge in [0.2, 0.25) is 0 Å². The Hall–Kier alpha value is -1.58. The highest BCUT2D eigenvalue weighted by atomic mass is 127. The molecule has 6 nitrogen and oxygen atoms in total. The highest BCUT2D eigenvalue weighted by Gasteiger charge is 2.07. The summed E-state index contributed by atoms with van der Waals surface area (Å²) < 4.78 is 0. The number of carbonyl (C=O) groups excluding carboxylic acids is 1. The van der Waals surface area contributed by atoms with Crippen molar-refractivity contribution in [3.63, 3.8) is 0 Å². The van der Waals surface area contributed by atoms with Crippen molar-refractivity contribution in [1.82, 2.24) is 15.6 Å². The van der Waals surface area contributed by atoms with Crippen LogP contribution in [-0.4, -0.2) is 36.5 Å². The fourth-order valence-corrected chi connectivity index (χ4v) is 2.30. The lowest BCUT2D eigenvalue weighted by atomic mass is 10.2. The van der Waals surface area contributed by atoms with Gasteiger partial charge >= 0.3 is 0 Å². The number of hydrogen-bond acceptors (Lipinski definition) is 3. The fraction of sp³-hybridized carbons (Fsp3) is 0.235.